The average Bonchev–Trinajstić information content (AvgIpc) is 3.08. The molecule has 222 valence electrons. The summed E-state index contributed by atoms with van der Waals surface area (Å²) >= 11 is 0. The van der Waals surface area contributed by atoms with Crippen LogP contribution in [0.5, 0.6) is 0 Å². The molecule has 3 aromatic carbocycles. The molecular weight excluding hydrogens is 542 g/mol. The van der Waals surface area contributed by atoms with Crippen LogP contribution in [0.25, 0.3) is 0 Å². The van der Waals surface area contributed by atoms with Crippen molar-refractivity contribution in [2.24, 2.45) is 0 Å². The zero-order valence-electron chi connectivity index (χ0n) is 24.1. The van der Waals surface area contributed by atoms with Gasteiger partial charge in [-0.05, 0) is 34.9 Å². The fraction of sp³-hybridized carbons (Fsp3) is 0.324. The molecule has 2 aliphatic rings. The Bertz CT molecular complexity index is 1450. The number of nitrogens with zero attached hydrogens (tertiary/aromatic N) is 4. The summed E-state index contributed by atoms with van der Waals surface area (Å²) in [5.41, 5.74) is 4.52. The highest BCUT2D eigenvalue weighted by atomic mass is 16.7. The maximum Gasteiger partial charge on any atom is 0.251 e. The standard InChI is InChI=1S/C34H37N5O4/c40-24-26-9-11-27(12-10-26)31-21-30(23-38-17-19-39(20-18-38)34-35-15-4-16-36-34)42-33(43-31)29-13-7-25(8-14-29)22-37-32(41)28-5-2-1-3-6-28/h1-16,30-31,33,40H,17-24H2,(H,37,41). The summed E-state index contributed by atoms with van der Waals surface area (Å²) < 4.78 is 13.1. The Balaban J connectivity index is 1.11. The van der Waals surface area contributed by atoms with Crippen LogP contribution in [0, 0.1) is 0 Å². The van der Waals surface area contributed by atoms with E-state index < -0.39 is 6.29 Å². The minimum absolute atomic E-state index is 0.0122. The van der Waals surface area contributed by atoms with Gasteiger partial charge >= 0.3 is 0 Å². The van der Waals surface area contributed by atoms with Crippen molar-refractivity contribution in [3.8, 4) is 0 Å². The van der Waals surface area contributed by atoms with Crippen molar-refractivity contribution in [3.05, 3.63) is 125 Å². The topological polar surface area (TPSA) is 100 Å². The quantitative estimate of drug-likeness (QED) is 0.303. The van der Waals surface area contributed by atoms with Crippen molar-refractivity contribution in [1.82, 2.24) is 20.2 Å². The molecule has 0 spiro atoms. The van der Waals surface area contributed by atoms with Crippen molar-refractivity contribution in [3.63, 3.8) is 0 Å². The van der Waals surface area contributed by atoms with Gasteiger partial charge in [-0.1, -0.05) is 66.7 Å². The molecule has 9 nitrogen and oxygen atoms in total. The Labute approximate surface area is 252 Å². The van der Waals surface area contributed by atoms with Gasteiger partial charge in [-0.2, -0.15) is 0 Å². The number of carbonyl (C=O) groups excluding carboxylic acids is 1. The van der Waals surface area contributed by atoms with E-state index in [-0.39, 0.29) is 24.7 Å². The van der Waals surface area contributed by atoms with E-state index in [2.05, 4.69) is 25.1 Å². The number of aromatic nitrogens is 2. The molecule has 3 heterocycles. The second kappa shape index (κ2) is 13.9. The Hall–Kier alpha value is -4.15. The molecule has 6 rings (SSSR count). The first-order valence-electron chi connectivity index (χ1n) is 14.8. The molecule has 1 amide bonds. The second-order valence-corrected chi connectivity index (χ2v) is 11.0. The Kier molecular flexibility index (Phi) is 9.34. The summed E-state index contributed by atoms with van der Waals surface area (Å²) in [4.78, 5) is 25.9. The van der Waals surface area contributed by atoms with Crippen LogP contribution in [0.2, 0.25) is 0 Å². The zero-order valence-corrected chi connectivity index (χ0v) is 24.1. The molecule has 43 heavy (non-hydrogen) atoms. The molecule has 4 aromatic rings. The number of ether oxygens (including phenoxy) is 2. The van der Waals surface area contributed by atoms with Crippen LogP contribution in [0.15, 0.2) is 97.3 Å². The number of hydrogen-bond donors (Lipinski definition) is 2. The van der Waals surface area contributed by atoms with Gasteiger partial charge < -0.3 is 24.8 Å². The van der Waals surface area contributed by atoms with E-state index in [0.717, 1.165) is 67.3 Å². The molecule has 1 aromatic heterocycles. The fourth-order valence-electron chi connectivity index (χ4n) is 5.57. The van der Waals surface area contributed by atoms with Crippen molar-refractivity contribution >= 4 is 11.9 Å². The lowest BCUT2D eigenvalue weighted by Crippen LogP contribution is -2.50. The molecule has 2 fully saturated rings. The smallest absolute Gasteiger partial charge is 0.251 e. The number of nitrogens with one attached hydrogen (secondary N) is 1. The van der Waals surface area contributed by atoms with E-state index in [1.807, 2.05) is 72.8 Å². The number of piperazine rings is 1. The van der Waals surface area contributed by atoms with Gasteiger partial charge in [0, 0.05) is 69.2 Å². The van der Waals surface area contributed by atoms with Gasteiger partial charge in [0.1, 0.15) is 0 Å². The van der Waals surface area contributed by atoms with E-state index in [1.54, 1.807) is 24.5 Å². The Morgan fingerprint density at radius 2 is 1.49 bits per heavy atom. The van der Waals surface area contributed by atoms with Crippen LogP contribution in [0.4, 0.5) is 5.95 Å². The molecule has 9 heteroatoms. The number of aliphatic hydroxyl groups excluding tert-OH is 1. The number of aliphatic hydroxyl groups is 1. The zero-order chi connectivity index (χ0) is 29.4. The number of amides is 1. The fourth-order valence-corrected chi connectivity index (χ4v) is 5.57. The summed E-state index contributed by atoms with van der Waals surface area (Å²) in [5, 5.41) is 12.5. The highest BCUT2D eigenvalue weighted by Crippen LogP contribution is 2.38. The van der Waals surface area contributed by atoms with Gasteiger partial charge in [-0.25, -0.2) is 9.97 Å². The average molecular weight is 580 g/mol. The van der Waals surface area contributed by atoms with Crippen LogP contribution in [0.1, 0.15) is 51.4 Å². The summed E-state index contributed by atoms with van der Waals surface area (Å²) in [6, 6.07) is 27.1. The van der Waals surface area contributed by atoms with Crippen molar-refractivity contribution in [2.75, 3.05) is 37.6 Å². The van der Waals surface area contributed by atoms with Gasteiger partial charge in [-0.15, -0.1) is 0 Å². The van der Waals surface area contributed by atoms with Crippen LogP contribution < -0.4 is 10.2 Å². The van der Waals surface area contributed by atoms with E-state index >= 15 is 0 Å². The summed E-state index contributed by atoms with van der Waals surface area (Å²) in [7, 11) is 0. The highest BCUT2D eigenvalue weighted by Gasteiger charge is 2.34. The van der Waals surface area contributed by atoms with Crippen molar-refractivity contribution < 1.29 is 19.4 Å². The second-order valence-electron chi connectivity index (χ2n) is 11.0. The first-order valence-corrected chi connectivity index (χ1v) is 14.8. The lowest BCUT2D eigenvalue weighted by atomic mass is 9.99. The largest absolute Gasteiger partial charge is 0.392 e. The Morgan fingerprint density at radius 1 is 0.814 bits per heavy atom. The van der Waals surface area contributed by atoms with Crippen LogP contribution in [0.3, 0.4) is 0 Å². The molecule has 2 saturated heterocycles. The first-order chi connectivity index (χ1) is 21.1. The molecule has 0 saturated carbocycles. The van der Waals surface area contributed by atoms with Crippen LogP contribution in [-0.4, -0.2) is 64.7 Å². The third-order valence-electron chi connectivity index (χ3n) is 8.02. The normalized spacial score (nSPS) is 21.0. The molecule has 0 bridgehead atoms. The first kappa shape index (κ1) is 28.9. The molecule has 3 atom stereocenters. The maximum atomic E-state index is 12.5. The summed E-state index contributed by atoms with van der Waals surface area (Å²) in [5.74, 6) is 0.678. The van der Waals surface area contributed by atoms with Gasteiger partial charge in [0.05, 0.1) is 18.8 Å². The monoisotopic (exact) mass is 579 g/mol. The van der Waals surface area contributed by atoms with E-state index in [9.17, 15) is 9.90 Å². The number of hydrogen-bond acceptors (Lipinski definition) is 8. The molecule has 0 aliphatic carbocycles. The summed E-state index contributed by atoms with van der Waals surface area (Å²) in [6.07, 6.45) is 3.62. The van der Waals surface area contributed by atoms with Gasteiger partial charge in [0.25, 0.3) is 5.91 Å². The third-order valence-corrected chi connectivity index (χ3v) is 8.02. The van der Waals surface area contributed by atoms with Crippen LogP contribution in [-0.2, 0) is 22.6 Å². The summed E-state index contributed by atoms with van der Waals surface area (Å²) in [6.45, 7) is 4.79. The molecule has 3 unspecified atom stereocenters. The Morgan fingerprint density at radius 3 is 2.19 bits per heavy atom. The van der Waals surface area contributed by atoms with Crippen molar-refractivity contribution in [2.45, 2.75) is 38.1 Å². The molecule has 2 aliphatic heterocycles. The van der Waals surface area contributed by atoms with Gasteiger partial charge in [0.2, 0.25) is 5.95 Å². The SMILES string of the molecule is O=C(NCc1ccc(C2OC(CN3CCN(c4ncccn4)CC3)CC(c3ccc(CO)cc3)O2)cc1)c1ccccc1. The van der Waals surface area contributed by atoms with E-state index in [4.69, 9.17) is 9.47 Å². The van der Waals surface area contributed by atoms with Gasteiger partial charge in [-0.3, -0.25) is 9.69 Å². The maximum absolute atomic E-state index is 12.5. The molecular formula is C34H37N5O4. The predicted molar refractivity (Wildman–Crippen MR) is 163 cm³/mol. The number of benzene rings is 3. The van der Waals surface area contributed by atoms with Crippen LogP contribution >= 0.6 is 0 Å². The van der Waals surface area contributed by atoms with Gasteiger partial charge in [0.15, 0.2) is 6.29 Å². The predicted octanol–water partition coefficient (Wildman–Crippen LogP) is 4.27. The minimum Gasteiger partial charge on any atom is -0.392 e. The molecule has 2 N–H and O–H groups in total. The lowest BCUT2D eigenvalue weighted by Gasteiger charge is -2.40. The third kappa shape index (κ3) is 7.44. The molecule has 0 radical (unpaired) electrons. The lowest BCUT2D eigenvalue weighted by molar-refractivity contribution is -0.253. The minimum atomic E-state index is -0.520. The van der Waals surface area contributed by atoms with E-state index in [1.165, 1.54) is 0 Å². The number of anilines is 1. The number of rotatable bonds is 9. The van der Waals surface area contributed by atoms with Crippen molar-refractivity contribution in [1.29, 1.82) is 0 Å². The number of carbonyl (C=O) groups is 1. The highest BCUT2D eigenvalue weighted by molar-refractivity contribution is 5.94. The van der Waals surface area contributed by atoms with E-state index in [0.29, 0.717) is 12.1 Å².